The molecular weight excluding hydrogens is 458 g/mol. The molecule has 4 N–H and O–H groups in total. The van der Waals surface area contributed by atoms with Crippen LogP contribution in [0.3, 0.4) is 0 Å². The molecule has 5 rings (SSSR count). The Bertz CT molecular complexity index is 848. The van der Waals surface area contributed by atoms with E-state index in [0.717, 1.165) is 50.5 Å². The predicted molar refractivity (Wildman–Crippen MR) is 136 cm³/mol. The molecule has 0 aromatic carbocycles. The van der Waals surface area contributed by atoms with Crippen molar-refractivity contribution in [3.63, 3.8) is 0 Å². The summed E-state index contributed by atoms with van der Waals surface area (Å²) in [5.41, 5.74) is 5.97. The normalized spacial score (nSPS) is 44.9. The Balaban J connectivity index is 1.18. The van der Waals surface area contributed by atoms with Crippen molar-refractivity contribution in [2.45, 2.75) is 95.9 Å². The lowest BCUT2D eigenvalue weighted by Gasteiger charge is -2.63. The lowest BCUT2D eigenvalue weighted by atomic mass is 9.43. The first kappa shape index (κ1) is 26.6. The quantitative estimate of drug-likeness (QED) is 0.325. The van der Waals surface area contributed by atoms with Crippen LogP contribution in [0.25, 0.3) is 0 Å². The van der Waals surface area contributed by atoms with Gasteiger partial charge in [0, 0.05) is 31.2 Å². The molecule has 204 valence electrons. The number of esters is 1. The SMILES string of the molecule is C[C@]12CC[C@H](OCCCOCC(O)CN)C[C@H]1CC[C@@H]1[C@@H]2CC[C@]2(C)[C@@H](C3=CC(=O)OC3)CC[C@]12O. The lowest BCUT2D eigenvalue weighted by molar-refractivity contribution is -0.209. The van der Waals surface area contributed by atoms with Crippen molar-refractivity contribution >= 4 is 5.97 Å². The number of aliphatic hydroxyl groups excluding tert-OH is 1. The summed E-state index contributed by atoms with van der Waals surface area (Å²) in [6, 6.07) is 0. The Hall–Kier alpha value is -0.990. The van der Waals surface area contributed by atoms with E-state index in [0.29, 0.717) is 50.3 Å². The summed E-state index contributed by atoms with van der Waals surface area (Å²) in [6.45, 7) is 7.01. The van der Waals surface area contributed by atoms with E-state index < -0.39 is 11.7 Å². The van der Waals surface area contributed by atoms with Crippen molar-refractivity contribution in [1.82, 2.24) is 0 Å². The van der Waals surface area contributed by atoms with E-state index in [4.69, 9.17) is 19.9 Å². The van der Waals surface area contributed by atoms with Crippen LogP contribution in [0.4, 0.5) is 0 Å². The van der Waals surface area contributed by atoms with Crippen LogP contribution in [0, 0.1) is 34.5 Å². The van der Waals surface area contributed by atoms with Gasteiger partial charge in [0.15, 0.2) is 0 Å². The highest BCUT2D eigenvalue weighted by Gasteiger charge is 2.67. The predicted octanol–water partition coefficient (Wildman–Crippen LogP) is 3.35. The second-order valence-electron chi connectivity index (χ2n) is 12.9. The van der Waals surface area contributed by atoms with Gasteiger partial charge in [-0.15, -0.1) is 0 Å². The van der Waals surface area contributed by atoms with Gasteiger partial charge in [0.2, 0.25) is 0 Å². The van der Waals surface area contributed by atoms with Gasteiger partial charge < -0.3 is 30.2 Å². The van der Waals surface area contributed by atoms with Crippen molar-refractivity contribution in [1.29, 1.82) is 0 Å². The molecule has 0 aromatic heterocycles. The molecule has 7 heteroatoms. The average Bonchev–Trinajstić information content (AvgIpc) is 3.40. The van der Waals surface area contributed by atoms with Crippen molar-refractivity contribution in [3.8, 4) is 0 Å². The summed E-state index contributed by atoms with van der Waals surface area (Å²) in [4.78, 5) is 11.8. The maximum atomic E-state index is 12.3. The van der Waals surface area contributed by atoms with Crippen molar-refractivity contribution in [2.75, 3.05) is 33.0 Å². The fourth-order valence-corrected chi connectivity index (χ4v) is 9.22. The Labute approximate surface area is 216 Å². The van der Waals surface area contributed by atoms with E-state index in [1.165, 1.54) is 19.3 Å². The summed E-state index contributed by atoms with van der Waals surface area (Å²) in [7, 11) is 0. The number of cyclic esters (lactones) is 1. The van der Waals surface area contributed by atoms with Gasteiger partial charge in [0.1, 0.15) is 6.61 Å². The number of fused-ring (bicyclic) bond motifs is 5. The number of hydrogen-bond acceptors (Lipinski definition) is 7. The molecule has 7 nitrogen and oxygen atoms in total. The minimum Gasteiger partial charge on any atom is -0.458 e. The number of aliphatic hydroxyl groups is 2. The van der Waals surface area contributed by atoms with Gasteiger partial charge in [-0.1, -0.05) is 13.8 Å². The van der Waals surface area contributed by atoms with Crippen molar-refractivity contribution < 1.29 is 29.2 Å². The molecule has 1 unspecified atom stereocenters. The fraction of sp³-hybridized carbons (Fsp3) is 0.897. The topological polar surface area (TPSA) is 111 Å². The molecule has 0 aromatic rings. The third-order valence-electron chi connectivity index (χ3n) is 11.3. The molecule has 0 spiro atoms. The molecule has 0 amide bonds. The Morgan fingerprint density at radius 2 is 1.94 bits per heavy atom. The first-order valence-corrected chi connectivity index (χ1v) is 14.4. The Kier molecular flexibility index (Phi) is 7.61. The second kappa shape index (κ2) is 10.3. The van der Waals surface area contributed by atoms with E-state index in [2.05, 4.69) is 13.8 Å². The number of rotatable bonds is 9. The molecule has 4 fully saturated rings. The highest BCUT2D eigenvalue weighted by Crippen LogP contribution is 2.70. The second-order valence-corrected chi connectivity index (χ2v) is 12.9. The van der Waals surface area contributed by atoms with Crippen LogP contribution in [0.2, 0.25) is 0 Å². The molecular formula is C29H47NO6. The van der Waals surface area contributed by atoms with Crippen molar-refractivity contribution in [2.24, 2.45) is 40.2 Å². The molecule has 4 aliphatic carbocycles. The first-order valence-electron chi connectivity index (χ1n) is 14.4. The van der Waals surface area contributed by atoms with E-state index in [1.807, 2.05) is 0 Å². The molecule has 0 bridgehead atoms. The van der Waals surface area contributed by atoms with Gasteiger partial charge in [0.25, 0.3) is 0 Å². The van der Waals surface area contributed by atoms with Crippen LogP contribution in [0.5, 0.6) is 0 Å². The third-order valence-corrected chi connectivity index (χ3v) is 11.3. The first-order chi connectivity index (χ1) is 17.2. The minimum absolute atomic E-state index is 0.167. The number of carbonyl (C=O) groups is 1. The average molecular weight is 506 g/mol. The summed E-state index contributed by atoms with van der Waals surface area (Å²) in [5, 5.41) is 21.8. The zero-order chi connectivity index (χ0) is 25.6. The molecule has 0 radical (unpaired) electrons. The van der Waals surface area contributed by atoms with Crippen LogP contribution in [0.1, 0.15) is 78.1 Å². The number of hydrogen-bond donors (Lipinski definition) is 3. The highest BCUT2D eigenvalue weighted by atomic mass is 16.5. The summed E-state index contributed by atoms with van der Waals surface area (Å²) < 4.78 is 17.0. The van der Waals surface area contributed by atoms with E-state index in [9.17, 15) is 15.0 Å². The van der Waals surface area contributed by atoms with Crippen LogP contribution >= 0.6 is 0 Å². The van der Waals surface area contributed by atoms with Crippen LogP contribution in [-0.2, 0) is 19.0 Å². The van der Waals surface area contributed by atoms with Crippen LogP contribution in [0.15, 0.2) is 11.6 Å². The number of ether oxygens (including phenoxy) is 3. The van der Waals surface area contributed by atoms with Crippen LogP contribution < -0.4 is 5.73 Å². The van der Waals surface area contributed by atoms with E-state index in [-0.39, 0.29) is 29.3 Å². The number of carbonyl (C=O) groups excluding carboxylic acids is 1. The maximum Gasteiger partial charge on any atom is 0.331 e. The minimum atomic E-state index is -0.647. The molecule has 0 saturated heterocycles. The van der Waals surface area contributed by atoms with Crippen LogP contribution in [-0.4, -0.2) is 67.0 Å². The van der Waals surface area contributed by atoms with Gasteiger partial charge in [-0.25, -0.2) is 4.79 Å². The van der Waals surface area contributed by atoms with E-state index in [1.54, 1.807) is 6.08 Å². The molecule has 9 atom stereocenters. The van der Waals surface area contributed by atoms with Gasteiger partial charge in [-0.05, 0) is 98.9 Å². The van der Waals surface area contributed by atoms with Gasteiger partial charge in [-0.2, -0.15) is 0 Å². The lowest BCUT2D eigenvalue weighted by Crippen LogP contribution is -2.62. The highest BCUT2D eigenvalue weighted by molar-refractivity contribution is 5.85. The molecule has 5 aliphatic rings. The smallest absolute Gasteiger partial charge is 0.331 e. The number of nitrogens with two attached hydrogens (primary N) is 1. The fourth-order valence-electron chi connectivity index (χ4n) is 9.22. The molecule has 1 heterocycles. The summed E-state index contributed by atoms with van der Waals surface area (Å²) in [5.74, 6) is 1.60. The zero-order valence-corrected chi connectivity index (χ0v) is 22.3. The zero-order valence-electron chi connectivity index (χ0n) is 22.3. The largest absolute Gasteiger partial charge is 0.458 e. The standard InChI is InChI=1S/C29H47NO6/c1-27-9-6-22(35-13-3-12-34-18-21(31)16-30)15-20(27)4-5-25-24(27)7-10-28(2)23(8-11-29(25,28)33)19-14-26(32)36-17-19/h14,20-25,31,33H,3-13,15-18,30H2,1-2H3/t20-,21?,22+,23-,24+,25-,27+,28-,29+/m1/s1. The monoisotopic (exact) mass is 505 g/mol. The molecule has 4 saturated carbocycles. The van der Waals surface area contributed by atoms with Gasteiger partial charge in [0.05, 0.1) is 24.4 Å². The van der Waals surface area contributed by atoms with Gasteiger partial charge in [-0.3, -0.25) is 0 Å². The van der Waals surface area contributed by atoms with Gasteiger partial charge >= 0.3 is 5.97 Å². The molecule has 1 aliphatic heterocycles. The third kappa shape index (κ3) is 4.47. The summed E-state index contributed by atoms with van der Waals surface area (Å²) in [6.07, 6.45) is 11.9. The Morgan fingerprint density at radius 3 is 2.69 bits per heavy atom. The molecule has 36 heavy (non-hydrogen) atoms. The Morgan fingerprint density at radius 1 is 1.11 bits per heavy atom. The van der Waals surface area contributed by atoms with E-state index >= 15 is 0 Å². The van der Waals surface area contributed by atoms with Crippen molar-refractivity contribution in [3.05, 3.63) is 11.6 Å². The summed E-state index contributed by atoms with van der Waals surface area (Å²) >= 11 is 0. The maximum absolute atomic E-state index is 12.3.